The zero-order valence-electron chi connectivity index (χ0n) is 19.4. The molecular weight excluding hydrogens is 458 g/mol. The maximum atomic E-state index is 15.2. The van der Waals surface area contributed by atoms with Crippen LogP contribution < -0.4 is 9.80 Å². The molecule has 0 radical (unpaired) electrons. The minimum Gasteiger partial charge on any atom is -0.378 e. The molecular formula is C24H26F2N6O3. The molecule has 9 nitrogen and oxygen atoms in total. The fourth-order valence-corrected chi connectivity index (χ4v) is 4.87. The van der Waals surface area contributed by atoms with Crippen molar-refractivity contribution < 1.29 is 23.4 Å². The van der Waals surface area contributed by atoms with E-state index in [9.17, 15) is 14.3 Å². The number of aromatic nitrogens is 3. The quantitative estimate of drug-likeness (QED) is 0.596. The van der Waals surface area contributed by atoms with Crippen LogP contribution in [0.4, 0.5) is 20.2 Å². The van der Waals surface area contributed by atoms with Gasteiger partial charge in [0.2, 0.25) is 0 Å². The Morgan fingerprint density at radius 2 is 1.94 bits per heavy atom. The Kier molecular flexibility index (Phi) is 5.89. The maximum absolute atomic E-state index is 15.2. The van der Waals surface area contributed by atoms with E-state index in [1.54, 1.807) is 19.2 Å². The lowest BCUT2D eigenvalue weighted by Crippen LogP contribution is -2.64. The number of fused-ring (bicyclic) bond motifs is 1. The van der Waals surface area contributed by atoms with E-state index < -0.39 is 29.6 Å². The van der Waals surface area contributed by atoms with Gasteiger partial charge in [0.1, 0.15) is 30.5 Å². The molecule has 0 saturated carbocycles. The van der Waals surface area contributed by atoms with Crippen LogP contribution in [-0.2, 0) is 10.6 Å². The molecule has 1 aromatic heterocycles. The van der Waals surface area contributed by atoms with Gasteiger partial charge in [-0.3, -0.25) is 9.69 Å². The third kappa shape index (κ3) is 3.71. The summed E-state index contributed by atoms with van der Waals surface area (Å²) in [5.74, 6) is -4.55. The van der Waals surface area contributed by atoms with Crippen LogP contribution in [0.15, 0.2) is 49.1 Å². The summed E-state index contributed by atoms with van der Waals surface area (Å²) in [5, 5.41) is 16.4. The van der Waals surface area contributed by atoms with E-state index in [0.29, 0.717) is 50.0 Å². The molecule has 3 heterocycles. The number of morpholine rings is 1. The number of benzene rings is 2. The van der Waals surface area contributed by atoms with Crippen molar-refractivity contribution in [3.8, 4) is 0 Å². The first-order valence-electron chi connectivity index (χ1n) is 11.4. The van der Waals surface area contributed by atoms with Crippen LogP contribution in [0.5, 0.6) is 0 Å². The first-order chi connectivity index (χ1) is 16.9. The third-order valence-corrected chi connectivity index (χ3v) is 6.67. The van der Waals surface area contributed by atoms with E-state index in [1.165, 1.54) is 27.1 Å². The highest BCUT2D eigenvalue weighted by molar-refractivity contribution is 6.03. The fourth-order valence-electron chi connectivity index (χ4n) is 4.87. The number of rotatable bonds is 5. The molecule has 2 aromatic carbocycles. The van der Waals surface area contributed by atoms with Gasteiger partial charge in [-0.2, -0.15) is 5.10 Å². The van der Waals surface area contributed by atoms with Crippen molar-refractivity contribution in [2.45, 2.75) is 25.4 Å². The molecule has 2 atom stereocenters. The smallest absolute Gasteiger partial charge is 0.261 e. The molecule has 184 valence electrons. The molecule has 1 amide bonds. The minimum absolute atomic E-state index is 0.254. The number of halogens is 2. The Hall–Kier alpha value is -3.57. The fraction of sp³-hybridized carbons (Fsp3) is 0.375. The van der Waals surface area contributed by atoms with Crippen LogP contribution >= 0.6 is 0 Å². The lowest BCUT2D eigenvalue weighted by molar-refractivity contribution is -0.132. The van der Waals surface area contributed by atoms with E-state index >= 15 is 4.39 Å². The molecule has 0 aliphatic carbocycles. The number of amides is 1. The van der Waals surface area contributed by atoms with Crippen molar-refractivity contribution in [2.24, 2.45) is 0 Å². The maximum Gasteiger partial charge on any atom is 0.261 e. The second-order valence-electron chi connectivity index (χ2n) is 8.56. The van der Waals surface area contributed by atoms with E-state index in [1.807, 2.05) is 13.0 Å². The van der Waals surface area contributed by atoms with E-state index in [4.69, 9.17) is 4.74 Å². The monoisotopic (exact) mass is 484 g/mol. The second-order valence-corrected chi connectivity index (χ2v) is 8.56. The zero-order valence-corrected chi connectivity index (χ0v) is 19.4. The number of hydrogen-bond acceptors (Lipinski definition) is 7. The Bertz CT molecular complexity index is 1230. The van der Waals surface area contributed by atoms with Crippen molar-refractivity contribution in [1.29, 1.82) is 0 Å². The van der Waals surface area contributed by atoms with Crippen molar-refractivity contribution in [1.82, 2.24) is 19.7 Å². The lowest BCUT2D eigenvalue weighted by Gasteiger charge is -2.52. The van der Waals surface area contributed by atoms with Crippen LogP contribution in [0.2, 0.25) is 0 Å². The van der Waals surface area contributed by atoms with Crippen molar-refractivity contribution in [2.75, 3.05) is 43.2 Å². The van der Waals surface area contributed by atoms with Gasteiger partial charge in [0.25, 0.3) is 11.8 Å². The normalized spacial score (nSPS) is 21.3. The average Bonchev–Trinajstić information content (AvgIpc) is 3.40. The summed E-state index contributed by atoms with van der Waals surface area (Å²) in [4.78, 5) is 22.7. The first kappa shape index (κ1) is 23.2. The number of carbonyl (C=O) groups is 1. The molecule has 35 heavy (non-hydrogen) atoms. The van der Waals surface area contributed by atoms with E-state index in [2.05, 4.69) is 15.0 Å². The molecule has 1 fully saturated rings. The molecule has 1 N–H and O–H groups in total. The van der Waals surface area contributed by atoms with Gasteiger partial charge in [0, 0.05) is 31.9 Å². The zero-order chi connectivity index (χ0) is 24.7. The number of carbonyl (C=O) groups excluding carboxylic acids is 1. The van der Waals surface area contributed by atoms with Crippen LogP contribution in [0.25, 0.3) is 0 Å². The van der Waals surface area contributed by atoms with Crippen LogP contribution in [-0.4, -0.2) is 64.0 Å². The van der Waals surface area contributed by atoms with Gasteiger partial charge < -0.3 is 19.6 Å². The largest absolute Gasteiger partial charge is 0.378 e. The Morgan fingerprint density at radius 3 is 2.60 bits per heavy atom. The van der Waals surface area contributed by atoms with Crippen molar-refractivity contribution in [3.05, 3.63) is 71.8 Å². The number of nitrogens with zero attached hydrogens (tertiary/aromatic N) is 6. The predicted molar refractivity (Wildman–Crippen MR) is 124 cm³/mol. The predicted octanol–water partition coefficient (Wildman–Crippen LogP) is 2.70. The summed E-state index contributed by atoms with van der Waals surface area (Å²) in [7, 11) is 1.58. The van der Waals surface area contributed by atoms with E-state index in [-0.39, 0.29) is 5.56 Å². The van der Waals surface area contributed by atoms with Gasteiger partial charge in [-0.25, -0.2) is 18.4 Å². The first-order valence-corrected chi connectivity index (χ1v) is 11.4. The summed E-state index contributed by atoms with van der Waals surface area (Å²) in [6.45, 7) is 4.35. The number of aliphatic hydroxyl groups is 1. The minimum atomic E-state index is -2.28. The topological polar surface area (TPSA) is 87.0 Å². The molecule has 2 unspecified atom stereocenters. The van der Waals surface area contributed by atoms with Crippen LogP contribution in [0, 0.1) is 11.6 Å². The highest BCUT2D eigenvalue weighted by atomic mass is 19.1. The van der Waals surface area contributed by atoms with Crippen molar-refractivity contribution in [3.63, 3.8) is 0 Å². The summed E-state index contributed by atoms with van der Waals surface area (Å²) in [6.07, 6.45) is 2.30. The Balaban J connectivity index is 1.70. The molecule has 3 aromatic rings. The number of anilines is 2. The van der Waals surface area contributed by atoms with Crippen LogP contribution in [0.1, 0.15) is 35.4 Å². The van der Waals surface area contributed by atoms with Gasteiger partial charge in [-0.05, 0) is 36.8 Å². The number of hydrogen-bond donors (Lipinski definition) is 1. The lowest BCUT2D eigenvalue weighted by atomic mass is 9.96. The third-order valence-electron chi connectivity index (χ3n) is 6.67. The standard InChI is InChI=1S/C24H26F2N6O3/c1-3-22(31-15-27-14-28-31)32-23(33)18-6-5-17(30-8-10-35-11-9-30)13-21(18)29(2)24(32,34)19-7-4-16(25)12-20(19)26/h4-7,12-15,22,34H,3,8-11H2,1-2H3. The van der Waals surface area contributed by atoms with Gasteiger partial charge in [-0.1, -0.05) is 6.92 Å². The molecule has 11 heteroatoms. The highest BCUT2D eigenvalue weighted by Crippen LogP contribution is 2.46. The van der Waals surface area contributed by atoms with Gasteiger partial charge in [0.05, 0.1) is 30.0 Å². The van der Waals surface area contributed by atoms with Crippen molar-refractivity contribution >= 4 is 17.3 Å². The van der Waals surface area contributed by atoms with E-state index in [0.717, 1.165) is 17.8 Å². The second kappa shape index (κ2) is 8.90. The summed E-state index contributed by atoms with van der Waals surface area (Å²) < 4.78 is 35.9. The summed E-state index contributed by atoms with van der Waals surface area (Å²) in [5.41, 5.74) is 1.37. The molecule has 2 aliphatic rings. The highest BCUT2D eigenvalue weighted by Gasteiger charge is 2.53. The Labute approximate surface area is 201 Å². The Morgan fingerprint density at radius 1 is 1.17 bits per heavy atom. The van der Waals surface area contributed by atoms with Gasteiger partial charge in [0.15, 0.2) is 0 Å². The van der Waals surface area contributed by atoms with Gasteiger partial charge >= 0.3 is 0 Å². The molecule has 1 saturated heterocycles. The molecule has 0 bridgehead atoms. The summed E-state index contributed by atoms with van der Waals surface area (Å²) in [6, 6.07) is 8.28. The van der Waals surface area contributed by atoms with Crippen LogP contribution in [0.3, 0.4) is 0 Å². The molecule has 5 rings (SSSR count). The SMILES string of the molecule is CCC(N1C(=O)c2ccc(N3CCOCC3)cc2N(C)C1(O)c1ccc(F)cc1F)n1cncn1. The molecule has 0 spiro atoms. The summed E-state index contributed by atoms with van der Waals surface area (Å²) >= 11 is 0. The molecule has 2 aliphatic heterocycles. The average molecular weight is 485 g/mol. The number of ether oxygens (including phenoxy) is 1. The van der Waals surface area contributed by atoms with Gasteiger partial charge in [-0.15, -0.1) is 0 Å².